The molecule has 1 amide bonds. The summed E-state index contributed by atoms with van der Waals surface area (Å²) in [5.41, 5.74) is 0.583. The number of halogens is 2. The zero-order valence-electron chi connectivity index (χ0n) is 17.4. The number of hydrogen-bond donors (Lipinski definition) is 1. The lowest BCUT2D eigenvalue weighted by Gasteiger charge is -2.13. The first-order valence-corrected chi connectivity index (χ1v) is 11.8. The largest absolute Gasteiger partial charge is 0.325 e. The van der Waals surface area contributed by atoms with Crippen LogP contribution in [0.2, 0.25) is 0 Å². The Balaban J connectivity index is 1.64. The van der Waals surface area contributed by atoms with Crippen molar-refractivity contribution in [3.63, 3.8) is 0 Å². The second-order valence-corrected chi connectivity index (χ2v) is 9.58. The molecule has 0 saturated heterocycles. The fourth-order valence-electron chi connectivity index (χ4n) is 3.14. The van der Waals surface area contributed by atoms with Crippen molar-refractivity contribution < 1.29 is 13.6 Å². The minimum atomic E-state index is -1.04. The fourth-order valence-corrected chi connectivity index (χ4v) is 4.99. The minimum absolute atomic E-state index is 0.0427. The Kier molecular flexibility index (Phi) is 6.52. The standard InChI is InChI=1S/C22H20F2N4O2S2/c1-12(2)7-9-28-21(30)19-18(14-4-3-8-25-20(14)32-19)27-22(28)31-11-17(29)26-13-5-6-15(23)16(24)10-13/h3-6,8,10,12H,7,9,11H2,1-2H3,(H,26,29). The molecule has 0 aliphatic rings. The van der Waals surface area contributed by atoms with Gasteiger partial charge >= 0.3 is 0 Å². The van der Waals surface area contributed by atoms with E-state index in [9.17, 15) is 18.4 Å². The van der Waals surface area contributed by atoms with Gasteiger partial charge in [0.1, 0.15) is 9.53 Å². The summed E-state index contributed by atoms with van der Waals surface area (Å²) in [6, 6.07) is 6.82. The number of amides is 1. The molecule has 1 N–H and O–H groups in total. The van der Waals surface area contributed by atoms with Gasteiger partial charge in [-0.25, -0.2) is 18.7 Å². The van der Waals surface area contributed by atoms with Gasteiger partial charge in [0.25, 0.3) is 5.56 Å². The summed E-state index contributed by atoms with van der Waals surface area (Å²) in [4.78, 5) is 35.4. The van der Waals surface area contributed by atoms with Crippen LogP contribution in [0.3, 0.4) is 0 Å². The predicted octanol–water partition coefficient (Wildman–Crippen LogP) is 5.06. The first kappa shape index (κ1) is 22.3. The molecule has 10 heteroatoms. The number of anilines is 1. The molecule has 166 valence electrons. The Labute approximate surface area is 190 Å². The zero-order chi connectivity index (χ0) is 22.8. The van der Waals surface area contributed by atoms with E-state index in [0.29, 0.717) is 27.8 Å². The van der Waals surface area contributed by atoms with E-state index < -0.39 is 17.5 Å². The average molecular weight is 475 g/mol. The van der Waals surface area contributed by atoms with E-state index in [-0.39, 0.29) is 17.0 Å². The number of pyridine rings is 1. The Morgan fingerprint density at radius 2 is 2.06 bits per heavy atom. The normalized spacial score (nSPS) is 11.5. The third kappa shape index (κ3) is 4.66. The number of rotatable bonds is 7. The molecular weight excluding hydrogens is 454 g/mol. The van der Waals surface area contributed by atoms with Crippen molar-refractivity contribution in [2.24, 2.45) is 5.92 Å². The average Bonchev–Trinajstić information content (AvgIpc) is 3.13. The Morgan fingerprint density at radius 1 is 1.25 bits per heavy atom. The molecule has 0 aliphatic carbocycles. The number of thiophene rings is 1. The minimum Gasteiger partial charge on any atom is -0.325 e. The smallest absolute Gasteiger partial charge is 0.272 e. The lowest BCUT2D eigenvalue weighted by molar-refractivity contribution is -0.113. The summed E-state index contributed by atoms with van der Waals surface area (Å²) in [7, 11) is 0. The van der Waals surface area contributed by atoms with Gasteiger partial charge in [0, 0.05) is 29.9 Å². The molecule has 0 atom stereocenters. The monoisotopic (exact) mass is 474 g/mol. The number of carbonyl (C=O) groups excluding carboxylic acids is 1. The van der Waals surface area contributed by atoms with Crippen molar-refractivity contribution in [1.29, 1.82) is 0 Å². The number of carbonyl (C=O) groups is 1. The van der Waals surface area contributed by atoms with Crippen molar-refractivity contribution >= 4 is 55.1 Å². The molecule has 0 spiro atoms. The van der Waals surface area contributed by atoms with E-state index >= 15 is 0 Å². The summed E-state index contributed by atoms with van der Waals surface area (Å²) in [6.07, 6.45) is 2.46. The van der Waals surface area contributed by atoms with Crippen molar-refractivity contribution in [3.05, 3.63) is 58.5 Å². The summed E-state index contributed by atoms with van der Waals surface area (Å²) < 4.78 is 28.6. The Bertz CT molecular complexity index is 1370. The number of hydrogen-bond acceptors (Lipinski definition) is 6. The lowest BCUT2D eigenvalue weighted by atomic mass is 10.1. The highest BCUT2D eigenvalue weighted by Crippen LogP contribution is 2.30. The van der Waals surface area contributed by atoms with Gasteiger partial charge in [-0.2, -0.15) is 0 Å². The lowest BCUT2D eigenvalue weighted by Crippen LogP contribution is -2.24. The molecule has 4 rings (SSSR count). The number of thioether (sulfide) groups is 1. The molecule has 4 aromatic rings. The van der Waals surface area contributed by atoms with Crippen molar-refractivity contribution in [2.75, 3.05) is 11.1 Å². The molecule has 3 heterocycles. The van der Waals surface area contributed by atoms with E-state index in [4.69, 9.17) is 4.98 Å². The Hall–Kier alpha value is -2.85. The van der Waals surface area contributed by atoms with E-state index in [0.717, 1.165) is 40.5 Å². The van der Waals surface area contributed by atoms with Gasteiger partial charge in [0.2, 0.25) is 5.91 Å². The van der Waals surface area contributed by atoms with E-state index in [1.54, 1.807) is 16.8 Å². The van der Waals surface area contributed by atoms with Crippen LogP contribution in [0.15, 0.2) is 46.5 Å². The molecule has 0 saturated carbocycles. The van der Waals surface area contributed by atoms with Gasteiger partial charge in [-0.15, -0.1) is 11.3 Å². The van der Waals surface area contributed by atoms with Crippen LogP contribution < -0.4 is 10.9 Å². The number of fused-ring (bicyclic) bond motifs is 3. The third-order valence-electron chi connectivity index (χ3n) is 4.78. The van der Waals surface area contributed by atoms with Gasteiger partial charge < -0.3 is 5.32 Å². The second-order valence-electron chi connectivity index (χ2n) is 7.64. The molecular formula is C22H20F2N4O2S2. The maximum atomic E-state index is 13.4. The molecule has 32 heavy (non-hydrogen) atoms. The van der Waals surface area contributed by atoms with Gasteiger partial charge in [-0.1, -0.05) is 25.6 Å². The number of nitrogens with zero attached hydrogens (tertiary/aromatic N) is 3. The van der Waals surface area contributed by atoms with Crippen LogP contribution in [-0.4, -0.2) is 26.2 Å². The Morgan fingerprint density at radius 3 is 2.81 bits per heavy atom. The van der Waals surface area contributed by atoms with Crippen molar-refractivity contribution in [1.82, 2.24) is 14.5 Å². The molecule has 0 radical (unpaired) electrons. The SMILES string of the molecule is CC(C)CCn1c(SCC(=O)Nc2ccc(F)c(F)c2)nc2c(sc3ncccc32)c1=O. The van der Waals surface area contributed by atoms with Crippen LogP contribution in [0.4, 0.5) is 14.5 Å². The maximum Gasteiger partial charge on any atom is 0.272 e. The molecule has 6 nitrogen and oxygen atoms in total. The van der Waals surface area contributed by atoms with Crippen LogP contribution in [0.1, 0.15) is 20.3 Å². The van der Waals surface area contributed by atoms with Gasteiger partial charge in [-0.3, -0.25) is 14.2 Å². The molecule has 0 fully saturated rings. The highest BCUT2D eigenvalue weighted by atomic mass is 32.2. The summed E-state index contributed by atoms with van der Waals surface area (Å²) in [5.74, 6) is -2.10. The van der Waals surface area contributed by atoms with Crippen molar-refractivity contribution in [3.8, 4) is 0 Å². The molecule has 3 aromatic heterocycles. The number of benzene rings is 1. The van der Waals surface area contributed by atoms with Crippen LogP contribution in [0, 0.1) is 17.6 Å². The van der Waals surface area contributed by atoms with Crippen LogP contribution in [-0.2, 0) is 11.3 Å². The number of nitrogens with one attached hydrogen (secondary N) is 1. The van der Waals surface area contributed by atoms with Gasteiger partial charge in [-0.05, 0) is 36.6 Å². The van der Waals surface area contributed by atoms with E-state index in [1.165, 1.54) is 17.4 Å². The first-order chi connectivity index (χ1) is 15.3. The fraction of sp³-hybridized carbons (Fsp3) is 0.273. The van der Waals surface area contributed by atoms with Gasteiger partial charge in [0.15, 0.2) is 16.8 Å². The topological polar surface area (TPSA) is 76.9 Å². The molecule has 0 bridgehead atoms. The van der Waals surface area contributed by atoms with E-state index in [1.807, 2.05) is 6.07 Å². The van der Waals surface area contributed by atoms with Crippen LogP contribution >= 0.6 is 23.1 Å². The quantitative estimate of drug-likeness (QED) is 0.299. The maximum absolute atomic E-state index is 13.4. The summed E-state index contributed by atoms with van der Waals surface area (Å²) in [6.45, 7) is 4.62. The molecule has 0 aliphatic heterocycles. The molecule has 0 unspecified atom stereocenters. The predicted molar refractivity (Wildman–Crippen MR) is 124 cm³/mol. The third-order valence-corrected chi connectivity index (χ3v) is 6.85. The summed E-state index contributed by atoms with van der Waals surface area (Å²) >= 11 is 2.44. The van der Waals surface area contributed by atoms with Gasteiger partial charge in [0.05, 0.1) is 11.3 Å². The first-order valence-electron chi connectivity index (χ1n) is 9.99. The van der Waals surface area contributed by atoms with Crippen LogP contribution in [0.5, 0.6) is 0 Å². The zero-order valence-corrected chi connectivity index (χ0v) is 19.0. The number of aromatic nitrogens is 3. The highest BCUT2D eigenvalue weighted by molar-refractivity contribution is 7.99. The highest BCUT2D eigenvalue weighted by Gasteiger charge is 2.18. The van der Waals surface area contributed by atoms with Crippen molar-refractivity contribution in [2.45, 2.75) is 32.0 Å². The summed E-state index contributed by atoms with van der Waals surface area (Å²) in [5, 5.41) is 3.77. The van der Waals surface area contributed by atoms with E-state index in [2.05, 4.69) is 24.1 Å². The second kappa shape index (κ2) is 9.33. The molecule has 1 aromatic carbocycles. The van der Waals surface area contributed by atoms with Crippen LogP contribution in [0.25, 0.3) is 20.4 Å².